The van der Waals surface area contributed by atoms with E-state index in [2.05, 4.69) is 14.9 Å². The molecule has 11 nitrogen and oxygen atoms in total. The molecule has 4 heterocycles. The van der Waals surface area contributed by atoms with Crippen LogP contribution >= 0.6 is 0 Å². The molecule has 48 heavy (non-hydrogen) atoms. The SMILES string of the molecule is O=C(O)C(F)(F)F.O=C(O)C(F)(F)F.O=C(O)C(F)(F)F.O=S1(=O)c2ccc(-c3cccnc3)cc2C2CN(Cc3ccccn3)CC21. The predicted octanol–water partition coefficient (Wildman–Crippen LogP) is 4.80. The number of hydrogen-bond acceptors (Lipinski definition) is 8. The number of carboxylic acid groups (broad SMARTS) is 3. The summed E-state index contributed by atoms with van der Waals surface area (Å²) in [6.45, 7) is 1.98. The van der Waals surface area contributed by atoms with Gasteiger partial charge in [0.15, 0.2) is 9.84 Å². The fraction of sp³-hybridized carbons (Fsp3) is 0.296. The van der Waals surface area contributed by atoms with Crippen molar-refractivity contribution in [3.8, 4) is 11.1 Å². The van der Waals surface area contributed by atoms with Gasteiger partial charge >= 0.3 is 36.4 Å². The zero-order chi connectivity index (χ0) is 36.7. The van der Waals surface area contributed by atoms with E-state index in [1.54, 1.807) is 18.5 Å². The zero-order valence-electron chi connectivity index (χ0n) is 23.7. The van der Waals surface area contributed by atoms with E-state index < -0.39 is 46.3 Å². The number of nitrogens with zero attached hydrogens (tertiary/aromatic N) is 3. The van der Waals surface area contributed by atoms with Gasteiger partial charge in [-0.1, -0.05) is 18.2 Å². The second kappa shape index (κ2) is 15.4. The van der Waals surface area contributed by atoms with E-state index in [-0.39, 0.29) is 11.2 Å². The third-order valence-electron chi connectivity index (χ3n) is 6.29. The highest BCUT2D eigenvalue weighted by molar-refractivity contribution is 7.92. The molecule has 3 N–H and O–H groups in total. The average molecular weight is 720 g/mol. The number of carboxylic acids is 3. The van der Waals surface area contributed by atoms with Crippen molar-refractivity contribution in [2.24, 2.45) is 0 Å². The topological polar surface area (TPSA) is 175 Å². The van der Waals surface area contributed by atoms with Crippen molar-refractivity contribution in [3.05, 3.63) is 78.4 Å². The molecule has 5 rings (SSSR count). The van der Waals surface area contributed by atoms with Crippen LogP contribution in [-0.4, -0.2) is 93.4 Å². The molecule has 0 aliphatic carbocycles. The number of aromatic nitrogens is 2. The number of halogens is 9. The zero-order valence-corrected chi connectivity index (χ0v) is 24.5. The molecule has 3 aromatic rings. The molecule has 1 aromatic carbocycles. The Kier molecular flexibility index (Phi) is 12.6. The van der Waals surface area contributed by atoms with E-state index in [4.69, 9.17) is 29.7 Å². The van der Waals surface area contributed by atoms with Crippen LogP contribution in [-0.2, 0) is 30.8 Å². The fourth-order valence-electron chi connectivity index (χ4n) is 4.29. The molecule has 0 amide bonds. The van der Waals surface area contributed by atoms with E-state index in [1.165, 1.54) is 0 Å². The smallest absolute Gasteiger partial charge is 0.475 e. The van der Waals surface area contributed by atoms with Crippen LogP contribution in [0.25, 0.3) is 11.1 Å². The van der Waals surface area contributed by atoms with Crippen LogP contribution in [0.2, 0.25) is 0 Å². The fourth-order valence-corrected chi connectivity index (χ4v) is 6.48. The minimum Gasteiger partial charge on any atom is -0.475 e. The van der Waals surface area contributed by atoms with Gasteiger partial charge in [-0.2, -0.15) is 39.5 Å². The Labute approximate surface area is 264 Å². The normalized spacial score (nSPS) is 17.9. The van der Waals surface area contributed by atoms with Gasteiger partial charge in [-0.05, 0) is 47.0 Å². The van der Waals surface area contributed by atoms with Crippen molar-refractivity contribution >= 4 is 27.7 Å². The van der Waals surface area contributed by atoms with E-state index >= 15 is 0 Å². The van der Waals surface area contributed by atoms with Gasteiger partial charge in [-0.25, -0.2) is 22.8 Å². The summed E-state index contributed by atoms with van der Waals surface area (Å²) in [6.07, 6.45) is -9.92. The van der Waals surface area contributed by atoms with E-state index in [0.717, 1.165) is 28.9 Å². The molecule has 2 aromatic heterocycles. The Morgan fingerprint density at radius 1 is 0.750 bits per heavy atom. The van der Waals surface area contributed by atoms with Crippen LogP contribution < -0.4 is 0 Å². The number of pyridine rings is 2. The quantitative estimate of drug-likeness (QED) is 0.317. The minimum absolute atomic E-state index is 0.0188. The lowest BCUT2D eigenvalue weighted by Gasteiger charge is -2.17. The van der Waals surface area contributed by atoms with E-state index in [0.29, 0.717) is 18.0 Å². The molecular weight excluding hydrogens is 697 g/mol. The Morgan fingerprint density at radius 3 is 1.73 bits per heavy atom. The molecule has 2 aliphatic heterocycles. The van der Waals surface area contributed by atoms with Crippen molar-refractivity contribution in [1.29, 1.82) is 0 Å². The largest absolute Gasteiger partial charge is 0.490 e. The van der Waals surface area contributed by atoms with Crippen LogP contribution in [0, 0.1) is 0 Å². The number of carbonyl (C=O) groups is 3. The summed E-state index contributed by atoms with van der Waals surface area (Å²) in [5.41, 5.74) is 3.94. The van der Waals surface area contributed by atoms with Crippen LogP contribution in [0.3, 0.4) is 0 Å². The van der Waals surface area contributed by atoms with Crippen LogP contribution in [0.4, 0.5) is 39.5 Å². The molecule has 2 aliphatic rings. The number of fused-ring (bicyclic) bond motifs is 3. The van der Waals surface area contributed by atoms with Crippen molar-refractivity contribution in [3.63, 3.8) is 0 Å². The van der Waals surface area contributed by atoms with Crippen molar-refractivity contribution < 1.29 is 77.6 Å². The predicted molar refractivity (Wildman–Crippen MR) is 144 cm³/mol. The first-order valence-electron chi connectivity index (χ1n) is 12.8. The molecule has 0 spiro atoms. The van der Waals surface area contributed by atoms with Crippen molar-refractivity contribution in [2.75, 3.05) is 13.1 Å². The molecular formula is C27H22F9N3O8S. The third kappa shape index (κ3) is 10.9. The highest BCUT2D eigenvalue weighted by Gasteiger charge is 2.50. The Bertz CT molecular complexity index is 1630. The monoisotopic (exact) mass is 719 g/mol. The Balaban J connectivity index is 0.000000313. The lowest BCUT2D eigenvalue weighted by atomic mass is 9.95. The molecule has 1 saturated heterocycles. The number of alkyl halides is 9. The number of rotatable bonds is 3. The lowest BCUT2D eigenvalue weighted by molar-refractivity contribution is -0.193. The first-order chi connectivity index (χ1) is 22.0. The van der Waals surface area contributed by atoms with Crippen LogP contribution in [0.1, 0.15) is 17.2 Å². The summed E-state index contributed by atoms with van der Waals surface area (Å²) >= 11 is 0. The van der Waals surface area contributed by atoms with Gasteiger partial charge in [0, 0.05) is 44.1 Å². The third-order valence-corrected chi connectivity index (χ3v) is 8.55. The average Bonchev–Trinajstić information content (AvgIpc) is 3.49. The van der Waals surface area contributed by atoms with Crippen molar-refractivity contribution in [2.45, 2.75) is 41.1 Å². The van der Waals surface area contributed by atoms with Gasteiger partial charge in [0.2, 0.25) is 0 Å². The summed E-state index contributed by atoms with van der Waals surface area (Å²) in [5.74, 6) is -8.25. The summed E-state index contributed by atoms with van der Waals surface area (Å²) in [6, 6.07) is 15.4. The highest BCUT2D eigenvalue weighted by atomic mass is 32.2. The highest BCUT2D eigenvalue weighted by Crippen LogP contribution is 2.46. The summed E-state index contributed by atoms with van der Waals surface area (Å²) in [5, 5.41) is 21.0. The van der Waals surface area contributed by atoms with Gasteiger partial charge in [-0.3, -0.25) is 14.9 Å². The van der Waals surface area contributed by atoms with Crippen LogP contribution in [0.15, 0.2) is 72.0 Å². The summed E-state index contributed by atoms with van der Waals surface area (Å²) in [7, 11) is -3.28. The van der Waals surface area contributed by atoms with Gasteiger partial charge in [0.1, 0.15) is 0 Å². The molecule has 2 atom stereocenters. The van der Waals surface area contributed by atoms with Crippen LogP contribution in [0.5, 0.6) is 0 Å². The minimum atomic E-state index is -5.08. The second-order valence-electron chi connectivity index (χ2n) is 9.61. The standard InChI is InChI=1S/C21H19N3O2S.3C2HF3O2/c25-27(26)20-7-6-15(16-4-3-8-22-11-16)10-18(20)19-13-24(14-21(19)27)12-17-5-1-2-9-23-17;3*3-2(4,5)1(6)7/h1-11,19,21H,12-14H2;3*(H,6,7). The lowest BCUT2D eigenvalue weighted by Crippen LogP contribution is -2.26. The molecule has 0 radical (unpaired) electrons. The maximum absolute atomic E-state index is 13.1. The second-order valence-corrected chi connectivity index (χ2v) is 11.7. The van der Waals surface area contributed by atoms with Crippen molar-refractivity contribution in [1.82, 2.24) is 14.9 Å². The van der Waals surface area contributed by atoms with E-state index in [1.807, 2.05) is 48.7 Å². The summed E-state index contributed by atoms with van der Waals surface area (Å²) < 4.78 is 121. The van der Waals surface area contributed by atoms with Gasteiger partial charge < -0.3 is 15.3 Å². The maximum Gasteiger partial charge on any atom is 0.490 e. The number of aliphatic carboxylic acids is 3. The molecule has 1 fully saturated rings. The first-order valence-corrected chi connectivity index (χ1v) is 14.3. The molecule has 0 saturated carbocycles. The van der Waals surface area contributed by atoms with Gasteiger partial charge in [0.05, 0.1) is 15.8 Å². The maximum atomic E-state index is 13.1. The Morgan fingerprint density at radius 2 is 1.29 bits per heavy atom. The molecule has 2 unspecified atom stereocenters. The molecule has 262 valence electrons. The van der Waals surface area contributed by atoms with Gasteiger partial charge in [0.25, 0.3) is 0 Å². The summed E-state index contributed by atoms with van der Waals surface area (Å²) in [4.78, 5) is 37.9. The molecule has 21 heteroatoms. The number of hydrogen-bond donors (Lipinski definition) is 3. The number of benzene rings is 1. The Hall–Kier alpha value is -4.79. The van der Waals surface area contributed by atoms with E-state index in [9.17, 15) is 47.9 Å². The van der Waals surface area contributed by atoms with Gasteiger partial charge in [-0.15, -0.1) is 0 Å². The number of sulfone groups is 1. The molecule has 0 bridgehead atoms. The number of likely N-dealkylation sites (tertiary alicyclic amines) is 1. The first kappa shape index (κ1) is 39.4.